The van der Waals surface area contributed by atoms with E-state index >= 15 is 0 Å². The minimum atomic E-state index is -0.128. The second-order valence-electron chi connectivity index (χ2n) is 5.48. The molecule has 0 aliphatic heterocycles. The highest BCUT2D eigenvalue weighted by molar-refractivity contribution is 7.17. The average Bonchev–Trinajstić information content (AvgIpc) is 3.32. The maximum Gasteiger partial charge on any atom is 0.280 e. The molecular formula is C18H19N6O2S2+. The zero-order chi connectivity index (χ0) is 19.9. The largest absolute Gasteiger partial charge is 0.477 e. The van der Waals surface area contributed by atoms with E-state index in [2.05, 4.69) is 20.3 Å². The van der Waals surface area contributed by atoms with Gasteiger partial charge in [0.25, 0.3) is 12.2 Å². The fraction of sp³-hybridized carbons (Fsp3) is 0.167. The topological polar surface area (TPSA) is 128 Å². The number of aromatic nitrogens is 2. The molecule has 0 fully saturated rings. The van der Waals surface area contributed by atoms with Crippen LogP contribution in [-0.4, -0.2) is 34.7 Å². The molecule has 0 bridgehead atoms. The Hall–Kier alpha value is -3.11. The maximum absolute atomic E-state index is 12.2. The number of amidine groups is 1. The van der Waals surface area contributed by atoms with Crippen molar-refractivity contribution in [3.05, 3.63) is 45.6 Å². The summed E-state index contributed by atoms with van der Waals surface area (Å²) in [6.45, 7) is 2.30. The molecule has 0 aromatic carbocycles. The van der Waals surface area contributed by atoms with Crippen molar-refractivity contribution in [2.45, 2.75) is 13.3 Å². The standard InChI is InChI=1S/C18H18N6O2S2/c1-2-26-17-15(16(20)22-10-19)28-18(24-17)11-5-6-21-13(8-11)23-14(25)9-12-4-3-7-27-12/h3-8,10H,2,9H2,1H3,(H3,19,20,22)(H,21,23,25)/p+1. The van der Waals surface area contributed by atoms with E-state index in [0.717, 1.165) is 16.8 Å². The second-order valence-corrected chi connectivity index (χ2v) is 7.52. The summed E-state index contributed by atoms with van der Waals surface area (Å²) in [5.41, 5.74) is 6.73. The van der Waals surface area contributed by atoms with Crippen LogP contribution in [0.5, 0.6) is 5.88 Å². The normalized spacial score (nSPS) is 11.2. The Labute approximate surface area is 169 Å². The molecule has 3 aromatic rings. The van der Waals surface area contributed by atoms with Gasteiger partial charge in [-0.2, -0.15) is 0 Å². The molecule has 0 saturated heterocycles. The van der Waals surface area contributed by atoms with Crippen molar-refractivity contribution >= 4 is 46.6 Å². The summed E-state index contributed by atoms with van der Waals surface area (Å²) in [6.07, 6.45) is 3.04. The molecule has 144 valence electrons. The fourth-order valence-corrected chi connectivity index (χ4v) is 3.97. The van der Waals surface area contributed by atoms with Gasteiger partial charge in [0.15, 0.2) is 4.88 Å². The number of aliphatic imine (C=N–C) groups is 1. The number of hydrogen-bond acceptors (Lipinski definition) is 6. The highest BCUT2D eigenvalue weighted by Gasteiger charge is 2.20. The summed E-state index contributed by atoms with van der Waals surface area (Å²) < 4.78 is 5.56. The number of amides is 1. The number of anilines is 1. The average molecular weight is 416 g/mol. The van der Waals surface area contributed by atoms with Crippen molar-refractivity contribution in [3.63, 3.8) is 0 Å². The molecule has 5 N–H and O–H groups in total. The summed E-state index contributed by atoms with van der Waals surface area (Å²) in [4.78, 5) is 26.4. The van der Waals surface area contributed by atoms with Crippen LogP contribution in [0, 0.1) is 0 Å². The van der Waals surface area contributed by atoms with Gasteiger partial charge in [-0.1, -0.05) is 6.07 Å². The van der Waals surface area contributed by atoms with Crippen LogP contribution in [0.4, 0.5) is 5.82 Å². The number of rotatable bonds is 8. The van der Waals surface area contributed by atoms with Crippen LogP contribution >= 0.6 is 22.7 Å². The monoisotopic (exact) mass is 415 g/mol. The molecule has 0 radical (unpaired) electrons. The number of carbonyl (C=O) groups excluding carboxylic acids is 1. The van der Waals surface area contributed by atoms with Gasteiger partial charge in [0.2, 0.25) is 11.8 Å². The van der Waals surface area contributed by atoms with E-state index in [9.17, 15) is 4.79 Å². The van der Waals surface area contributed by atoms with Crippen LogP contribution in [0.25, 0.3) is 10.6 Å². The number of nitrogens with zero attached hydrogens (tertiary/aromatic N) is 3. The lowest BCUT2D eigenvalue weighted by Gasteiger charge is -2.04. The molecule has 8 nitrogen and oxygen atoms in total. The first-order valence-corrected chi connectivity index (χ1v) is 10.1. The van der Waals surface area contributed by atoms with Gasteiger partial charge in [-0.25, -0.2) is 9.97 Å². The van der Waals surface area contributed by atoms with E-state index in [0.29, 0.717) is 34.6 Å². The third kappa shape index (κ3) is 4.78. The van der Waals surface area contributed by atoms with Gasteiger partial charge in [0.1, 0.15) is 10.8 Å². The summed E-state index contributed by atoms with van der Waals surface area (Å²) in [6, 6.07) is 7.40. The highest BCUT2D eigenvalue weighted by atomic mass is 32.1. The summed E-state index contributed by atoms with van der Waals surface area (Å²) in [7, 11) is 0. The number of nitrogens with one attached hydrogen (secondary N) is 1. The number of hydrogen-bond donors (Lipinski definition) is 3. The summed E-state index contributed by atoms with van der Waals surface area (Å²) in [5.74, 6) is 0.946. The number of nitrogens with two attached hydrogens (primary N) is 2. The lowest BCUT2D eigenvalue weighted by atomic mass is 10.2. The van der Waals surface area contributed by atoms with Gasteiger partial charge in [-0.15, -0.1) is 22.7 Å². The Kier molecular flexibility index (Phi) is 6.45. The first-order chi connectivity index (χ1) is 13.6. The van der Waals surface area contributed by atoms with E-state index in [4.69, 9.17) is 15.9 Å². The Balaban J connectivity index is 1.83. The summed E-state index contributed by atoms with van der Waals surface area (Å²) >= 11 is 2.87. The number of ether oxygens (including phenoxy) is 1. The minimum Gasteiger partial charge on any atom is -0.477 e. The van der Waals surface area contributed by atoms with Crippen LogP contribution in [0.15, 0.2) is 40.8 Å². The predicted molar refractivity (Wildman–Crippen MR) is 112 cm³/mol. The number of carbonyl (C=O) groups is 1. The van der Waals surface area contributed by atoms with Crippen LogP contribution in [0.2, 0.25) is 0 Å². The number of thiophene rings is 1. The van der Waals surface area contributed by atoms with Crippen molar-refractivity contribution in [3.8, 4) is 16.5 Å². The van der Waals surface area contributed by atoms with Crippen molar-refractivity contribution in [1.29, 1.82) is 0 Å². The molecule has 1 amide bonds. The third-order valence-electron chi connectivity index (χ3n) is 3.51. The SMILES string of the molecule is CCOc1nc(-c2ccnc(NC(=O)Cc3cccs3)c2)sc1C(N)=NC=[NH2+]. The molecule has 0 atom stereocenters. The molecule has 3 rings (SSSR count). The van der Waals surface area contributed by atoms with Crippen molar-refractivity contribution in [2.24, 2.45) is 10.7 Å². The van der Waals surface area contributed by atoms with Crippen LogP contribution in [-0.2, 0) is 11.2 Å². The zero-order valence-electron chi connectivity index (χ0n) is 15.1. The molecule has 0 saturated carbocycles. The van der Waals surface area contributed by atoms with E-state index in [-0.39, 0.29) is 11.7 Å². The molecule has 0 aliphatic rings. The first-order valence-electron chi connectivity index (χ1n) is 8.40. The van der Waals surface area contributed by atoms with E-state index in [1.165, 1.54) is 22.7 Å². The molecular weight excluding hydrogens is 396 g/mol. The smallest absolute Gasteiger partial charge is 0.280 e. The molecule has 10 heteroatoms. The van der Waals surface area contributed by atoms with Crippen molar-refractivity contribution in [1.82, 2.24) is 9.97 Å². The summed E-state index contributed by atoms with van der Waals surface area (Å²) in [5, 5.41) is 10.7. The zero-order valence-corrected chi connectivity index (χ0v) is 16.7. The second kappa shape index (κ2) is 9.20. The molecule has 0 aliphatic carbocycles. The van der Waals surface area contributed by atoms with Gasteiger partial charge < -0.3 is 15.8 Å². The van der Waals surface area contributed by atoms with Crippen LogP contribution in [0.1, 0.15) is 16.7 Å². The fourth-order valence-electron chi connectivity index (χ4n) is 2.36. The van der Waals surface area contributed by atoms with E-state index in [1.54, 1.807) is 18.3 Å². The Morgan fingerprint density at radius 2 is 2.32 bits per heavy atom. The Morgan fingerprint density at radius 3 is 3.04 bits per heavy atom. The first kappa shape index (κ1) is 19.6. The van der Waals surface area contributed by atoms with Gasteiger partial charge >= 0.3 is 0 Å². The van der Waals surface area contributed by atoms with E-state index < -0.39 is 0 Å². The lowest BCUT2D eigenvalue weighted by molar-refractivity contribution is -0.115. The molecule has 0 unspecified atom stereocenters. The Morgan fingerprint density at radius 1 is 1.46 bits per heavy atom. The number of pyridine rings is 1. The Bertz CT molecular complexity index is 997. The van der Waals surface area contributed by atoms with Crippen LogP contribution in [0.3, 0.4) is 0 Å². The van der Waals surface area contributed by atoms with Crippen molar-refractivity contribution in [2.75, 3.05) is 11.9 Å². The van der Waals surface area contributed by atoms with Gasteiger partial charge in [-0.05, 0) is 35.5 Å². The third-order valence-corrected chi connectivity index (χ3v) is 5.50. The van der Waals surface area contributed by atoms with Gasteiger partial charge in [-0.3, -0.25) is 10.2 Å². The maximum atomic E-state index is 12.2. The van der Waals surface area contributed by atoms with Crippen molar-refractivity contribution < 1.29 is 14.9 Å². The minimum absolute atomic E-state index is 0.128. The number of thiazole rings is 1. The van der Waals surface area contributed by atoms with Crippen LogP contribution < -0.4 is 21.2 Å². The molecule has 3 heterocycles. The quantitative estimate of drug-likeness (QED) is 0.378. The molecule has 3 aromatic heterocycles. The highest BCUT2D eigenvalue weighted by Crippen LogP contribution is 2.33. The predicted octanol–water partition coefficient (Wildman–Crippen LogP) is 1.34. The lowest BCUT2D eigenvalue weighted by Crippen LogP contribution is -2.30. The van der Waals surface area contributed by atoms with Gasteiger partial charge in [0.05, 0.1) is 13.0 Å². The molecule has 28 heavy (non-hydrogen) atoms. The van der Waals surface area contributed by atoms with Gasteiger partial charge in [0, 0.05) is 16.6 Å². The molecule has 0 spiro atoms. The van der Waals surface area contributed by atoms with E-state index in [1.807, 2.05) is 24.4 Å².